The average molecular weight is 412 g/mol. The summed E-state index contributed by atoms with van der Waals surface area (Å²) in [5, 5.41) is 0.702. The van der Waals surface area contributed by atoms with Crippen molar-refractivity contribution in [1.29, 1.82) is 0 Å². The number of morpholine rings is 1. The van der Waals surface area contributed by atoms with E-state index >= 15 is 0 Å². The second kappa shape index (κ2) is 8.00. The number of amides is 1. The summed E-state index contributed by atoms with van der Waals surface area (Å²) in [4.78, 5) is 35.4. The van der Waals surface area contributed by atoms with Crippen molar-refractivity contribution in [2.45, 2.75) is 25.5 Å². The molecule has 3 aliphatic rings. The minimum Gasteiger partial charge on any atom is -0.369 e. The minimum absolute atomic E-state index is 0.0558. The molecule has 30 heavy (non-hydrogen) atoms. The summed E-state index contributed by atoms with van der Waals surface area (Å²) in [6.45, 7) is 6.24. The Morgan fingerprint density at radius 1 is 1.10 bits per heavy atom. The van der Waals surface area contributed by atoms with Crippen molar-refractivity contribution in [3.8, 4) is 0 Å². The predicted octanol–water partition coefficient (Wildman–Crippen LogP) is 0.786. The number of hydrogen-bond acceptors (Lipinski definition) is 6. The fourth-order valence-electron chi connectivity index (χ4n) is 4.40. The summed E-state index contributed by atoms with van der Waals surface area (Å²) in [5.41, 5.74) is 1.96. The van der Waals surface area contributed by atoms with Gasteiger partial charge < -0.3 is 14.5 Å². The van der Waals surface area contributed by atoms with Crippen molar-refractivity contribution in [1.82, 2.24) is 19.4 Å². The van der Waals surface area contributed by atoms with Crippen LogP contribution >= 0.6 is 0 Å². The van der Waals surface area contributed by atoms with E-state index in [0.29, 0.717) is 17.8 Å². The van der Waals surface area contributed by atoms with Gasteiger partial charge in [0.25, 0.3) is 5.56 Å². The van der Waals surface area contributed by atoms with Crippen LogP contribution in [0.2, 0.25) is 0 Å². The molecule has 3 fully saturated rings. The highest BCUT2D eigenvalue weighted by molar-refractivity contribution is 5.81. The molecule has 8 heteroatoms. The van der Waals surface area contributed by atoms with Crippen LogP contribution in [-0.4, -0.2) is 84.3 Å². The summed E-state index contributed by atoms with van der Waals surface area (Å²) >= 11 is 0. The molecule has 5 rings (SSSR count). The Morgan fingerprint density at radius 2 is 1.90 bits per heavy atom. The molecule has 1 aromatic carbocycles. The van der Waals surface area contributed by atoms with Gasteiger partial charge in [-0.2, -0.15) is 0 Å². The first-order valence-electron chi connectivity index (χ1n) is 10.9. The number of rotatable bonds is 5. The molecule has 1 aromatic heterocycles. The second-order valence-corrected chi connectivity index (χ2v) is 8.84. The van der Waals surface area contributed by atoms with Crippen molar-refractivity contribution in [3.05, 3.63) is 34.9 Å². The van der Waals surface area contributed by atoms with E-state index in [1.54, 1.807) is 15.8 Å². The van der Waals surface area contributed by atoms with E-state index in [9.17, 15) is 9.59 Å². The highest BCUT2D eigenvalue weighted by Crippen LogP contribution is 2.30. The van der Waals surface area contributed by atoms with Crippen molar-refractivity contribution in [2.75, 3.05) is 57.8 Å². The van der Waals surface area contributed by atoms with Crippen LogP contribution in [-0.2, 0) is 16.1 Å². The van der Waals surface area contributed by atoms with Crippen LogP contribution in [0.15, 0.2) is 29.3 Å². The molecule has 1 atom stereocenters. The third-order valence-corrected chi connectivity index (χ3v) is 6.51. The molecule has 2 aromatic rings. The van der Waals surface area contributed by atoms with Crippen LogP contribution in [0.3, 0.4) is 0 Å². The van der Waals surface area contributed by atoms with E-state index in [2.05, 4.69) is 14.8 Å². The van der Waals surface area contributed by atoms with E-state index in [4.69, 9.17) is 4.74 Å². The van der Waals surface area contributed by atoms with Gasteiger partial charge in [0, 0.05) is 58.5 Å². The molecule has 0 radical (unpaired) electrons. The van der Waals surface area contributed by atoms with E-state index in [1.165, 1.54) is 12.8 Å². The number of carbonyl (C=O) groups is 1. The summed E-state index contributed by atoms with van der Waals surface area (Å²) < 4.78 is 7.45. The second-order valence-electron chi connectivity index (χ2n) is 8.84. The first-order valence-corrected chi connectivity index (χ1v) is 10.9. The molecule has 160 valence electrons. The normalized spacial score (nSPS) is 23.4. The number of nitrogens with zero attached hydrogens (tertiary/aromatic N) is 5. The highest BCUT2D eigenvalue weighted by atomic mass is 16.5. The molecule has 2 aliphatic heterocycles. The van der Waals surface area contributed by atoms with Gasteiger partial charge in [-0.15, -0.1) is 0 Å². The van der Waals surface area contributed by atoms with Gasteiger partial charge in [-0.25, -0.2) is 4.98 Å². The van der Waals surface area contributed by atoms with Crippen LogP contribution in [0.4, 0.5) is 5.69 Å². The van der Waals surface area contributed by atoms with Crippen molar-refractivity contribution in [3.63, 3.8) is 0 Å². The lowest BCUT2D eigenvalue weighted by molar-refractivity contribution is -0.147. The molecule has 1 aliphatic carbocycles. The standard InChI is InChI=1S/C22H29N5O3/c1-24-12-18(30-14-21(24)28)13-25-6-8-26(9-7-25)17-4-5-19-20(10-17)23-15-27(22(19)29)11-16-2-3-16/h4-5,10,15-16,18H,2-3,6-9,11-14H2,1H3. The smallest absolute Gasteiger partial charge is 0.261 e. The van der Waals surface area contributed by atoms with Crippen LogP contribution in [0, 0.1) is 5.92 Å². The molecule has 1 unspecified atom stereocenters. The molecule has 1 saturated carbocycles. The monoisotopic (exact) mass is 411 g/mol. The quantitative estimate of drug-likeness (QED) is 0.724. The lowest BCUT2D eigenvalue weighted by Gasteiger charge is -2.39. The van der Waals surface area contributed by atoms with Gasteiger partial charge in [-0.05, 0) is 37.0 Å². The number of piperazine rings is 1. The Morgan fingerprint density at radius 3 is 2.63 bits per heavy atom. The first-order chi connectivity index (χ1) is 14.6. The largest absolute Gasteiger partial charge is 0.369 e. The number of aromatic nitrogens is 2. The molecule has 2 saturated heterocycles. The average Bonchev–Trinajstić information content (AvgIpc) is 3.57. The molecular weight excluding hydrogens is 382 g/mol. The van der Waals surface area contributed by atoms with Gasteiger partial charge in [0.2, 0.25) is 5.91 Å². The number of fused-ring (bicyclic) bond motifs is 1. The topological polar surface area (TPSA) is 70.9 Å². The Bertz CT molecular complexity index is 994. The SMILES string of the molecule is CN1CC(CN2CCN(c3ccc4c(=O)n(CC5CC5)cnc4c3)CC2)OCC1=O. The van der Waals surface area contributed by atoms with E-state index in [-0.39, 0.29) is 24.2 Å². The maximum Gasteiger partial charge on any atom is 0.261 e. The molecule has 8 nitrogen and oxygen atoms in total. The summed E-state index contributed by atoms with van der Waals surface area (Å²) in [7, 11) is 1.84. The highest BCUT2D eigenvalue weighted by Gasteiger charge is 2.27. The molecular formula is C22H29N5O3. The minimum atomic E-state index is 0.0558. The predicted molar refractivity (Wildman–Crippen MR) is 115 cm³/mol. The van der Waals surface area contributed by atoms with Crippen molar-refractivity contribution in [2.24, 2.45) is 5.92 Å². The molecule has 0 N–H and O–H groups in total. The summed E-state index contributed by atoms with van der Waals surface area (Å²) in [6, 6.07) is 6.02. The molecule has 0 bridgehead atoms. The number of anilines is 1. The van der Waals surface area contributed by atoms with Crippen LogP contribution in [0.25, 0.3) is 10.9 Å². The Hall–Kier alpha value is -2.45. The number of hydrogen-bond donors (Lipinski definition) is 0. The number of benzene rings is 1. The third-order valence-electron chi connectivity index (χ3n) is 6.51. The van der Waals surface area contributed by atoms with E-state index in [0.717, 1.165) is 50.5 Å². The maximum atomic E-state index is 12.7. The third kappa shape index (κ3) is 4.06. The fourth-order valence-corrected chi connectivity index (χ4v) is 4.40. The van der Waals surface area contributed by atoms with Gasteiger partial charge in [0.05, 0.1) is 23.3 Å². The molecule has 3 heterocycles. The summed E-state index contributed by atoms with van der Waals surface area (Å²) in [6.07, 6.45) is 4.23. The fraction of sp³-hybridized carbons (Fsp3) is 0.591. The van der Waals surface area contributed by atoms with Gasteiger partial charge in [-0.1, -0.05) is 0 Å². The molecule has 1 amide bonds. The Kier molecular flexibility index (Phi) is 5.20. The lowest BCUT2D eigenvalue weighted by atomic mass is 10.1. The van der Waals surface area contributed by atoms with Gasteiger partial charge in [-0.3, -0.25) is 19.1 Å². The number of carbonyl (C=O) groups excluding carboxylic acids is 1. The zero-order valence-corrected chi connectivity index (χ0v) is 17.5. The first kappa shape index (κ1) is 19.5. The van der Waals surface area contributed by atoms with Gasteiger partial charge >= 0.3 is 0 Å². The van der Waals surface area contributed by atoms with Gasteiger partial charge in [0.1, 0.15) is 6.61 Å². The van der Waals surface area contributed by atoms with E-state index < -0.39 is 0 Å². The van der Waals surface area contributed by atoms with Crippen LogP contribution < -0.4 is 10.5 Å². The van der Waals surface area contributed by atoms with E-state index in [1.807, 2.05) is 25.2 Å². The van der Waals surface area contributed by atoms with Crippen LogP contribution in [0.5, 0.6) is 0 Å². The zero-order valence-electron chi connectivity index (χ0n) is 17.5. The Labute approximate surface area is 176 Å². The van der Waals surface area contributed by atoms with Crippen molar-refractivity contribution < 1.29 is 9.53 Å². The summed E-state index contributed by atoms with van der Waals surface area (Å²) in [5.74, 6) is 0.706. The number of likely N-dealkylation sites (N-methyl/N-ethyl adjacent to an activating group) is 1. The van der Waals surface area contributed by atoms with Crippen LogP contribution in [0.1, 0.15) is 12.8 Å². The van der Waals surface area contributed by atoms with Crippen molar-refractivity contribution >= 4 is 22.5 Å². The number of ether oxygens (including phenoxy) is 1. The Balaban J connectivity index is 1.21. The zero-order chi connectivity index (χ0) is 20.7. The lowest BCUT2D eigenvalue weighted by Crippen LogP contribution is -2.53. The van der Waals surface area contributed by atoms with Gasteiger partial charge in [0.15, 0.2) is 0 Å². The molecule has 0 spiro atoms. The maximum absolute atomic E-state index is 12.7.